The predicted molar refractivity (Wildman–Crippen MR) is 112 cm³/mol. The molecule has 8 heteroatoms. The van der Waals surface area contributed by atoms with Crippen LogP contribution >= 0.6 is 11.6 Å². The zero-order valence-corrected chi connectivity index (χ0v) is 15.3. The lowest BCUT2D eigenvalue weighted by molar-refractivity contribution is 0.475. The van der Waals surface area contributed by atoms with Crippen LogP contribution in [0, 0.1) is 0 Å². The van der Waals surface area contributed by atoms with Crippen LogP contribution in [-0.2, 0) is 0 Å². The highest BCUT2D eigenvalue weighted by molar-refractivity contribution is 6.30. The Hall–Kier alpha value is -3.29. The van der Waals surface area contributed by atoms with Gasteiger partial charge in [0.05, 0.1) is 17.9 Å². The van der Waals surface area contributed by atoms with E-state index < -0.39 is 0 Å². The molecule has 0 spiro atoms. The van der Waals surface area contributed by atoms with Crippen LogP contribution in [0.15, 0.2) is 82.9 Å². The maximum absolute atomic E-state index is 9.46. The van der Waals surface area contributed by atoms with Crippen molar-refractivity contribution in [3.63, 3.8) is 0 Å². The third-order valence-corrected chi connectivity index (χ3v) is 3.50. The summed E-state index contributed by atoms with van der Waals surface area (Å²) < 4.78 is 0. The van der Waals surface area contributed by atoms with Gasteiger partial charge in [-0.2, -0.15) is 0 Å². The van der Waals surface area contributed by atoms with Gasteiger partial charge in [-0.25, -0.2) is 15.8 Å². The molecule has 0 aromatic heterocycles. The monoisotopic (exact) mass is 384 g/mol. The quantitative estimate of drug-likeness (QED) is 0.165. The molecule has 27 heavy (non-hydrogen) atoms. The molecule has 0 bridgehead atoms. The second-order valence-electron chi connectivity index (χ2n) is 5.45. The molecule has 0 amide bonds. The number of benzene rings is 2. The summed E-state index contributed by atoms with van der Waals surface area (Å²) in [6, 6.07) is 13.8. The van der Waals surface area contributed by atoms with E-state index in [1.807, 2.05) is 6.07 Å². The molecule has 0 aliphatic carbocycles. The number of aromatic hydroxyl groups is 1. The molecule has 2 aromatic rings. The molecule has 2 rings (SSSR count). The number of phenols is 1. The van der Waals surface area contributed by atoms with Gasteiger partial charge in [0.25, 0.3) is 0 Å². The predicted octanol–water partition coefficient (Wildman–Crippen LogP) is 3.08. The number of nitrogens with two attached hydrogens (primary N) is 2. The van der Waals surface area contributed by atoms with E-state index in [9.17, 15) is 5.11 Å². The van der Waals surface area contributed by atoms with Crippen molar-refractivity contribution in [2.24, 2.45) is 21.6 Å². The number of allylic oxidation sites excluding steroid dienone is 1. The van der Waals surface area contributed by atoms with Gasteiger partial charge < -0.3 is 21.6 Å². The SMILES string of the molecule is C=C(/C=C\C(N)=Nc1cccc(Cl)c1)N=C(CNc1cccc(O)c1)NN. The molecule has 0 heterocycles. The third-order valence-electron chi connectivity index (χ3n) is 3.26. The summed E-state index contributed by atoms with van der Waals surface area (Å²) >= 11 is 5.91. The van der Waals surface area contributed by atoms with Crippen molar-refractivity contribution in [2.45, 2.75) is 0 Å². The first-order valence-corrected chi connectivity index (χ1v) is 8.38. The summed E-state index contributed by atoms with van der Waals surface area (Å²) in [4.78, 5) is 8.50. The van der Waals surface area contributed by atoms with Crippen LogP contribution in [0.2, 0.25) is 5.02 Å². The van der Waals surface area contributed by atoms with E-state index in [0.29, 0.717) is 28.8 Å². The maximum Gasteiger partial charge on any atom is 0.136 e. The number of phenolic OH excluding ortho intramolecular Hbond substituents is 1. The van der Waals surface area contributed by atoms with E-state index in [2.05, 4.69) is 27.3 Å². The van der Waals surface area contributed by atoms with Crippen LogP contribution in [0.3, 0.4) is 0 Å². The number of nitrogens with zero attached hydrogens (tertiary/aromatic N) is 2. The van der Waals surface area contributed by atoms with Crippen molar-refractivity contribution < 1.29 is 5.11 Å². The molecular formula is C19H21ClN6O. The number of hydrogen-bond donors (Lipinski definition) is 5. The molecule has 0 aliphatic rings. The molecule has 0 fully saturated rings. The van der Waals surface area contributed by atoms with Crippen LogP contribution in [-0.4, -0.2) is 23.3 Å². The zero-order valence-electron chi connectivity index (χ0n) is 14.6. The minimum Gasteiger partial charge on any atom is -0.508 e. The average molecular weight is 385 g/mol. The van der Waals surface area contributed by atoms with E-state index in [1.165, 1.54) is 0 Å². The molecule has 140 valence electrons. The van der Waals surface area contributed by atoms with E-state index in [4.69, 9.17) is 23.2 Å². The Labute approximate surface area is 162 Å². The molecule has 7 nitrogen and oxygen atoms in total. The Morgan fingerprint density at radius 1 is 1.19 bits per heavy atom. The second-order valence-corrected chi connectivity index (χ2v) is 5.88. The van der Waals surface area contributed by atoms with Gasteiger partial charge in [0, 0.05) is 16.8 Å². The lowest BCUT2D eigenvalue weighted by atomic mass is 10.3. The molecule has 0 atom stereocenters. The summed E-state index contributed by atoms with van der Waals surface area (Å²) in [5, 5.41) is 13.1. The molecular weight excluding hydrogens is 364 g/mol. The third kappa shape index (κ3) is 7.23. The summed E-state index contributed by atoms with van der Waals surface area (Å²) in [7, 11) is 0. The number of aliphatic imine (C=N–C) groups is 2. The van der Waals surface area contributed by atoms with Crippen LogP contribution in [0.4, 0.5) is 11.4 Å². The van der Waals surface area contributed by atoms with E-state index in [1.54, 1.807) is 54.6 Å². The molecule has 7 N–H and O–H groups in total. The van der Waals surface area contributed by atoms with E-state index >= 15 is 0 Å². The normalized spacial score (nSPS) is 12.2. The highest BCUT2D eigenvalue weighted by Gasteiger charge is 1.99. The fourth-order valence-electron chi connectivity index (χ4n) is 2.05. The van der Waals surface area contributed by atoms with Crippen LogP contribution in [0.1, 0.15) is 0 Å². The van der Waals surface area contributed by atoms with Crippen molar-refractivity contribution in [1.29, 1.82) is 0 Å². The number of hydrazine groups is 1. The van der Waals surface area contributed by atoms with Gasteiger partial charge in [-0.15, -0.1) is 0 Å². The highest BCUT2D eigenvalue weighted by atomic mass is 35.5. The number of amidine groups is 2. The number of anilines is 1. The van der Waals surface area contributed by atoms with Gasteiger partial charge in [-0.3, -0.25) is 0 Å². The van der Waals surface area contributed by atoms with Crippen molar-refractivity contribution >= 4 is 34.6 Å². The van der Waals surface area contributed by atoms with Crippen molar-refractivity contribution in [3.05, 3.63) is 78.0 Å². The van der Waals surface area contributed by atoms with Gasteiger partial charge in [0.1, 0.15) is 17.4 Å². The molecule has 0 radical (unpaired) electrons. The lowest BCUT2D eigenvalue weighted by Crippen LogP contribution is -2.35. The molecule has 2 aromatic carbocycles. The van der Waals surface area contributed by atoms with Gasteiger partial charge in [-0.05, 0) is 42.5 Å². The maximum atomic E-state index is 9.46. The largest absolute Gasteiger partial charge is 0.508 e. The lowest BCUT2D eigenvalue weighted by Gasteiger charge is -2.09. The molecule has 0 unspecified atom stereocenters. The number of hydrogen-bond acceptors (Lipinski definition) is 5. The zero-order chi connectivity index (χ0) is 19.6. The Morgan fingerprint density at radius 2 is 1.96 bits per heavy atom. The standard InChI is InChI=1S/C19H21ClN6O/c1-13(8-9-18(21)25-16-6-2-4-14(20)10-16)24-19(26-22)12-23-15-5-3-7-17(27)11-15/h2-11,23,27H,1,12,22H2,(H2,21,25)(H,24,26)/b9-8-. The Kier molecular flexibility index (Phi) is 7.42. The Balaban J connectivity index is 1.97. The van der Waals surface area contributed by atoms with Gasteiger partial charge in [-0.1, -0.05) is 30.3 Å². The number of halogens is 1. The first-order valence-electron chi connectivity index (χ1n) is 8.00. The van der Waals surface area contributed by atoms with E-state index in [-0.39, 0.29) is 11.6 Å². The molecule has 0 saturated heterocycles. The van der Waals surface area contributed by atoms with Crippen molar-refractivity contribution in [3.8, 4) is 5.75 Å². The Bertz CT molecular complexity index is 891. The summed E-state index contributed by atoms with van der Waals surface area (Å²) in [5.41, 5.74) is 10.2. The average Bonchev–Trinajstić information content (AvgIpc) is 2.63. The van der Waals surface area contributed by atoms with Crippen LogP contribution in [0.5, 0.6) is 5.75 Å². The van der Waals surface area contributed by atoms with Crippen molar-refractivity contribution in [2.75, 3.05) is 11.9 Å². The first kappa shape index (κ1) is 20.0. The Morgan fingerprint density at radius 3 is 2.67 bits per heavy atom. The fraction of sp³-hybridized carbons (Fsp3) is 0.0526. The molecule has 0 aliphatic heterocycles. The topological polar surface area (TPSA) is 121 Å². The number of rotatable bonds is 7. The smallest absolute Gasteiger partial charge is 0.136 e. The first-order chi connectivity index (χ1) is 13.0. The highest BCUT2D eigenvalue weighted by Crippen LogP contribution is 2.18. The fourth-order valence-corrected chi connectivity index (χ4v) is 2.23. The van der Waals surface area contributed by atoms with Crippen LogP contribution in [0.25, 0.3) is 0 Å². The van der Waals surface area contributed by atoms with Gasteiger partial charge >= 0.3 is 0 Å². The van der Waals surface area contributed by atoms with Crippen molar-refractivity contribution in [1.82, 2.24) is 5.43 Å². The minimum atomic E-state index is 0.168. The summed E-state index contributed by atoms with van der Waals surface area (Å²) in [6.45, 7) is 4.15. The number of nitrogens with one attached hydrogen (secondary N) is 2. The summed E-state index contributed by atoms with van der Waals surface area (Å²) in [6.07, 6.45) is 3.21. The minimum absolute atomic E-state index is 0.168. The molecule has 0 saturated carbocycles. The second kappa shape index (κ2) is 10.0. The summed E-state index contributed by atoms with van der Waals surface area (Å²) in [5.74, 6) is 6.40. The van der Waals surface area contributed by atoms with E-state index in [0.717, 1.165) is 5.69 Å². The van der Waals surface area contributed by atoms with Crippen LogP contribution < -0.4 is 22.3 Å². The van der Waals surface area contributed by atoms with Gasteiger partial charge in [0.2, 0.25) is 0 Å². The van der Waals surface area contributed by atoms with Gasteiger partial charge in [0.15, 0.2) is 0 Å².